The van der Waals surface area contributed by atoms with E-state index in [1.165, 1.54) is 11.8 Å². The van der Waals surface area contributed by atoms with Crippen LogP contribution in [0.4, 0.5) is 0 Å². The minimum Gasteiger partial charge on any atom is -0.490 e. The molecule has 0 unspecified atom stereocenters. The van der Waals surface area contributed by atoms with Gasteiger partial charge in [0, 0.05) is 22.1 Å². The molecule has 2 aromatic carbocycles. The molecule has 0 atom stereocenters. The molecular formula is C22H26N2O6S3. The second-order valence-electron chi connectivity index (χ2n) is 6.27. The number of rotatable bonds is 8. The quantitative estimate of drug-likeness (QED) is 0.235. The van der Waals surface area contributed by atoms with Gasteiger partial charge in [-0.05, 0) is 38.3 Å². The van der Waals surface area contributed by atoms with Gasteiger partial charge >= 0.3 is 10.4 Å². The topological polar surface area (TPSA) is 119 Å². The van der Waals surface area contributed by atoms with E-state index in [2.05, 4.69) is 9.56 Å². The molecule has 2 N–H and O–H groups in total. The molecule has 33 heavy (non-hydrogen) atoms. The molecule has 11 heteroatoms. The molecule has 1 heterocycles. The summed E-state index contributed by atoms with van der Waals surface area (Å²) in [6.45, 7) is 5.11. The predicted molar refractivity (Wildman–Crippen MR) is 134 cm³/mol. The number of thioether (sulfide) groups is 1. The van der Waals surface area contributed by atoms with Gasteiger partial charge in [0.2, 0.25) is 0 Å². The molecule has 0 bridgehead atoms. The number of aromatic nitrogens is 1. The largest absolute Gasteiger partial charge is 0.490 e. The van der Waals surface area contributed by atoms with Crippen LogP contribution in [0.5, 0.6) is 11.5 Å². The van der Waals surface area contributed by atoms with Crippen LogP contribution in [0.3, 0.4) is 0 Å². The number of ether oxygens (including phenoxy) is 2. The third kappa shape index (κ3) is 8.13. The highest BCUT2D eigenvalue weighted by molar-refractivity contribution is 8.13. The van der Waals surface area contributed by atoms with Crippen molar-refractivity contribution in [1.29, 1.82) is 5.41 Å². The van der Waals surface area contributed by atoms with Crippen LogP contribution in [-0.2, 0) is 14.6 Å². The second kappa shape index (κ2) is 12.7. The lowest BCUT2D eigenvalue weighted by molar-refractivity contribution is 0.288. The molecule has 0 saturated heterocycles. The second-order valence-corrected chi connectivity index (χ2v) is 9.13. The van der Waals surface area contributed by atoms with Gasteiger partial charge in [-0.25, -0.2) is 4.98 Å². The van der Waals surface area contributed by atoms with Crippen LogP contribution in [0.25, 0.3) is 21.8 Å². The maximum Gasteiger partial charge on any atom is 0.397 e. The van der Waals surface area contributed by atoms with E-state index >= 15 is 0 Å². The van der Waals surface area contributed by atoms with Crippen LogP contribution < -0.4 is 9.47 Å². The molecule has 0 radical (unpaired) electrons. The molecule has 0 amide bonds. The molecule has 3 rings (SSSR count). The van der Waals surface area contributed by atoms with Gasteiger partial charge < -0.3 is 9.47 Å². The molecule has 1 aromatic heterocycles. The normalized spacial score (nSPS) is 10.8. The Kier molecular flexibility index (Phi) is 10.3. The highest BCUT2D eigenvalue weighted by Crippen LogP contribution is 2.35. The predicted octanol–water partition coefficient (Wildman–Crippen LogP) is 5.40. The zero-order valence-corrected chi connectivity index (χ0v) is 21.1. The first kappa shape index (κ1) is 26.8. The molecule has 0 aliphatic heterocycles. The fourth-order valence-electron chi connectivity index (χ4n) is 2.63. The molecule has 8 nitrogen and oxygen atoms in total. The third-order valence-electron chi connectivity index (χ3n) is 4.15. The summed E-state index contributed by atoms with van der Waals surface area (Å²) < 4.78 is 41.1. The molecule has 0 saturated carbocycles. The summed E-state index contributed by atoms with van der Waals surface area (Å²) in [5.74, 6) is 1.50. The van der Waals surface area contributed by atoms with Gasteiger partial charge in [0.05, 0.1) is 31.1 Å². The SMILES string of the molecule is CCOc1ccc(-c2nc(-c3ccc(C(=N)SC)cc3)cs2)cc1OCC.COS(=O)(=O)O. The summed E-state index contributed by atoms with van der Waals surface area (Å²) in [6.07, 6.45) is 1.91. The van der Waals surface area contributed by atoms with E-state index < -0.39 is 10.4 Å². The Hall–Kier alpha value is -2.44. The lowest BCUT2D eigenvalue weighted by Gasteiger charge is -2.11. The van der Waals surface area contributed by atoms with Crippen molar-refractivity contribution in [3.05, 3.63) is 53.4 Å². The Labute approximate surface area is 202 Å². The van der Waals surface area contributed by atoms with Crippen molar-refractivity contribution >= 4 is 38.5 Å². The maximum absolute atomic E-state index is 9.33. The Balaban J connectivity index is 0.000000569. The number of benzene rings is 2. The molecule has 3 aromatic rings. The lowest BCUT2D eigenvalue weighted by Crippen LogP contribution is -1.98. The van der Waals surface area contributed by atoms with Crippen LogP contribution in [0.15, 0.2) is 47.8 Å². The van der Waals surface area contributed by atoms with E-state index in [1.807, 2.05) is 62.6 Å². The summed E-state index contributed by atoms with van der Waals surface area (Å²) in [6, 6.07) is 13.9. The number of thiazole rings is 1. The van der Waals surface area contributed by atoms with Crippen molar-refractivity contribution in [2.24, 2.45) is 0 Å². The maximum atomic E-state index is 9.33. The van der Waals surface area contributed by atoms with Gasteiger partial charge in [-0.3, -0.25) is 14.1 Å². The molecule has 0 spiro atoms. The first-order chi connectivity index (χ1) is 15.7. The van der Waals surface area contributed by atoms with Crippen LogP contribution in [0.1, 0.15) is 19.4 Å². The van der Waals surface area contributed by atoms with E-state index in [1.54, 1.807) is 11.3 Å². The monoisotopic (exact) mass is 510 g/mol. The van der Waals surface area contributed by atoms with Crippen molar-refractivity contribution < 1.29 is 26.6 Å². The van der Waals surface area contributed by atoms with Crippen LogP contribution in [-0.4, -0.2) is 49.6 Å². The number of hydrogen-bond donors (Lipinski definition) is 2. The minimum atomic E-state index is -4.16. The molecule has 0 aliphatic rings. The van der Waals surface area contributed by atoms with E-state index in [9.17, 15) is 8.42 Å². The Morgan fingerprint density at radius 1 is 1.06 bits per heavy atom. The van der Waals surface area contributed by atoms with Crippen molar-refractivity contribution in [3.63, 3.8) is 0 Å². The third-order valence-corrected chi connectivity index (χ3v) is 6.11. The smallest absolute Gasteiger partial charge is 0.397 e. The highest BCUT2D eigenvalue weighted by Gasteiger charge is 2.11. The fourth-order valence-corrected chi connectivity index (χ4v) is 3.83. The summed E-state index contributed by atoms with van der Waals surface area (Å²) in [5.41, 5.74) is 3.92. The van der Waals surface area contributed by atoms with Crippen molar-refractivity contribution in [2.75, 3.05) is 26.6 Å². The Morgan fingerprint density at radius 3 is 2.18 bits per heavy atom. The van der Waals surface area contributed by atoms with Gasteiger partial charge in [0.1, 0.15) is 5.01 Å². The Bertz CT molecular complexity index is 1160. The molecule has 0 aliphatic carbocycles. The van der Waals surface area contributed by atoms with E-state index in [0.717, 1.165) is 46.0 Å². The fraction of sp³-hybridized carbons (Fsp3) is 0.273. The van der Waals surface area contributed by atoms with Crippen molar-refractivity contribution in [1.82, 2.24) is 4.98 Å². The van der Waals surface area contributed by atoms with Gasteiger partial charge in [0.15, 0.2) is 11.5 Å². The van der Waals surface area contributed by atoms with Gasteiger partial charge in [0.25, 0.3) is 0 Å². The van der Waals surface area contributed by atoms with Crippen molar-refractivity contribution in [3.8, 4) is 33.3 Å². The van der Waals surface area contributed by atoms with E-state index in [-0.39, 0.29) is 0 Å². The summed E-state index contributed by atoms with van der Waals surface area (Å²) in [5, 5.41) is 11.5. The van der Waals surface area contributed by atoms with Crippen molar-refractivity contribution in [2.45, 2.75) is 13.8 Å². The minimum absolute atomic E-state index is 0.568. The first-order valence-corrected chi connectivity index (χ1v) is 13.3. The number of nitrogens with one attached hydrogen (secondary N) is 1. The lowest BCUT2D eigenvalue weighted by atomic mass is 10.1. The molecule has 0 fully saturated rings. The standard InChI is InChI=1S/C21H22N2O2S2.CH4O4S/c1-4-24-18-11-10-16(12-19(18)25-5-2)21-23-17(13-27-21)14-6-8-15(9-7-14)20(22)26-3;1-5-6(2,3)4/h6-13,22H,4-5H2,1-3H3;1H3,(H,2,3,4). The highest BCUT2D eigenvalue weighted by atomic mass is 32.3. The van der Waals surface area contributed by atoms with Gasteiger partial charge in [-0.15, -0.1) is 23.1 Å². The zero-order chi connectivity index (χ0) is 24.4. The summed E-state index contributed by atoms with van der Waals surface area (Å²) >= 11 is 3.04. The number of hydrogen-bond acceptors (Lipinski definition) is 9. The Morgan fingerprint density at radius 2 is 1.64 bits per heavy atom. The van der Waals surface area contributed by atoms with Crippen LogP contribution in [0, 0.1) is 5.41 Å². The summed E-state index contributed by atoms with van der Waals surface area (Å²) in [7, 11) is -3.29. The number of nitrogens with zero attached hydrogens (tertiary/aromatic N) is 1. The first-order valence-electron chi connectivity index (χ1n) is 9.84. The molecular weight excluding hydrogens is 484 g/mol. The van der Waals surface area contributed by atoms with Gasteiger partial charge in [-0.1, -0.05) is 24.3 Å². The zero-order valence-electron chi connectivity index (χ0n) is 18.7. The van der Waals surface area contributed by atoms with Crippen LogP contribution in [0.2, 0.25) is 0 Å². The average molecular weight is 511 g/mol. The van der Waals surface area contributed by atoms with E-state index in [4.69, 9.17) is 24.4 Å². The van der Waals surface area contributed by atoms with E-state index in [0.29, 0.717) is 18.3 Å². The molecule has 178 valence electrons. The van der Waals surface area contributed by atoms with Crippen LogP contribution >= 0.6 is 23.1 Å². The average Bonchev–Trinajstić information content (AvgIpc) is 3.30. The van der Waals surface area contributed by atoms with Gasteiger partial charge in [-0.2, -0.15) is 8.42 Å². The summed E-state index contributed by atoms with van der Waals surface area (Å²) in [4.78, 5) is 4.79.